The lowest BCUT2D eigenvalue weighted by Crippen LogP contribution is -2.24. The molecule has 1 N–H and O–H groups in total. The standard InChI is InChI=1S/C10H21NO/c1-3-10(11-2)5-4-9-6-7-12-8-9/h9-11H,3-8H2,1-2H3. The molecule has 0 aliphatic carbocycles. The minimum atomic E-state index is 0.714. The van der Waals surface area contributed by atoms with Crippen LogP contribution in [0.5, 0.6) is 0 Å². The number of rotatable bonds is 5. The highest BCUT2D eigenvalue weighted by Gasteiger charge is 2.16. The van der Waals surface area contributed by atoms with Gasteiger partial charge in [0.05, 0.1) is 0 Å². The zero-order valence-electron chi connectivity index (χ0n) is 8.31. The second kappa shape index (κ2) is 5.55. The van der Waals surface area contributed by atoms with Gasteiger partial charge in [-0.1, -0.05) is 6.92 Å². The molecule has 12 heavy (non-hydrogen) atoms. The van der Waals surface area contributed by atoms with Crippen LogP contribution in [0.4, 0.5) is 0 Å². The largest absolute Gasteiger partial charge is 0.381 e. The molecular weight excluding hydrogens is 150 g/mol. The molecule has 1 aliphatic rings. The fraction of sp³-hybridized carbons (Fsp3) is 1.00. The van der Waals surface area contributed by atoms with Gasteiger partial charge in [-0.25, -0.2) is 0 Å². The fourth-order valence-corrected chi connectivity index (χ4v) is 1.80. The van der Waals surface area contributed by atoms with E-state index in [1.54, 1.807) is 0 Å². The number of hydrogen-bond acceptors (Lipinski definition) is 2. The van der Waals surface area contributed by atoms with Crippen LogP contribution in [0.25, 0.3) is 0 Å². The SMILES string of the molecule is CCC(CCC1CCOC1)NC. The normalized spacial score (nSPS) is 26.0. The van der Waals surface area contributed by atoms with Crippen molar-refractivity contribution >= 4 is 0 Å². The van der Waals surface area contributed by atoms with Gasteiger partial charge in [0.2, 0.25) is 0 Å². The zero-order valence-corrected chi connectivity index (χ0v) is 8.31. The summed E-state index contributed by atoms with van der Waals surface area (Å²) in [6, 6.07) is 0.714. The van der Waals surface area contributed by atoms with E-state index in [1.807, 2.05) is 0 Å². The van der Waals surface area contributed by atoms with Gasteiger partial charge in [0.15, 0.2) is 0 Å². The Balaban J connectivity index is 2.06. The summed E-state index contributed by atoms with van der Waals surface area (Å²) in [5.74, 6) is 0.840. The van der Waals surface area contributed by atoms with Crippen LogP contribution in [0.3, 0.4) is 0 Å². The lowest BCUT2D eigenvalue weighted by molar-refractivity contribution is 0.183. The van der Waals surface area contributed by atoms with Gasteiger partial charge >= 0.3 is 0 Å². The smallest absolute Gasteiger partial charge is 0.0495 e. The van der Waals surface area contributed by atoms with Gasteiger partial charge in [-0.3, -0.25) is 0 Å². The van der Waals surface area contributed by atoms with Gasteiger partial charge in [0.25, 0.3) is 0 Å². The summed E-state index contributed by atoms with van der Waals surface area (Å²) >= 11 is 0. The first kappa shape index (κ1) is 10.0. The Morgan fingerprint density at radius 3 is 2.92 bits per heavy atom. The molecule has 2 heteroatoms. The van der Waals surface area contributed by atoms with Crippen LogP contribution in [-0.4, -0.2) is 26.3 Å². The summed E-state index contributed by atoms with van der Waals surface area (Å²) in [5.41, 5.74) is 0. The Bertz CT molecular complexity index is 104. The summed E-state index contributed by atoms with van der Waals surface area (Å²) in [5, 5.41) is 3.33. The fourth-order valence-electron chi connectivity index (χ4n) is 1.80. The summed E-state index contributed by atoms with van der Waals surface area (Å²) in [4.78, 5) is 0. The van der Waals surface area contributed by atoms with Crippen molar-refractivity contribution in [3.05, 3.63) is 0 Å². The molecule has 2 unspecified atom stereocenters. The third kappa shape index (κ3) is 3.11. The van der Waals surface area contributed by atoms with Crippen molar-refractivity contribution in [2.45, 2.75) is 38.6 Å². The first-order valence-electron chi connectivity index (χ1n) is 5.11. The van der Waals surface area contributed by atoms with Gasteiger partial charge in [-0.05, 0) is 38.6 Å². The molecular formula is C10H21NO. The van der Waals surface area contributed by atoms with E-state index < -0.39 is 0 Å². The predicted octanol–water partition coefficient (Wildman–Crippen LogP) is 1.80. The minimum absolute atomic E-state index is 0.714. The molecule has 1 heterocycles. The molecule has 0 bridgehead atoms. The van der Waals surface area contributed by atoms with Crippen LogP contribution in [0, 0.1) is 5.92 Å². The summed E-state index contributed by atoms with van der Waals surface area (Å²) in [7, 11) is 2.05. The summed E-state index contributed by atoms with van der Waals surface area (Å²) in [6.07, 6.45) is 5.16. The topological polar surface area (TPSA) is 21.3 Å². The molecule has 0 saturated carbocycles. The van der Waals surface area contributed by atoms with Crippen LogP contribution in [0.2, 0.25) is 0 Å². The molecule has 0 aromatic rings. The maximum absolute atomic E-state index is 5.34. The van der Waals surface area contributed by atoms with Gasteiger partial charge in [0.1, 0.15) is 0 Å². The molecule has 0 spiro atoms. The maximum Gasteiger partial charge on any atom is 0.0495 e. The maximum atomic E-state index is 5.34. The quantitative estimate of drug-likeness (QED) is 0.681. The van der Waals surface area contributed by atoms with Crippen molar-refractivity contribution in [2.75, 3.05) is 20.3 Å². The molecule has 1 fully saturated rings. The molecule has 0 aromatic heterocycles. The van der Waals surface area contributed by atoms with Crippen molar-refractivity contribution in [3.63, 3.8) is 0 Å². The zero-order chi connectivity index (χ0) is 8.81. The van der Waals surface area contributed by atoms with Crippen LogP contribution >= 0.6 is 0 Å². The summed E-state index contributed by atoms with van der Waals surface area (Å²) in [6.45, 7) is 4.23. The van der Waals surface area contributed by atoms with Gasteiger partial charge in [-0.2, -0.15) is 0 Å². The van der Waals surface area contributed by atoms with Gasteiger partial charge in [0, 0.05) is 19.3 Å². The highest BCUT2D eigenvalue weighted by molar-refractivity contribution is 4.69. The molecule has 0 radical (unpaired) electrons. The van der Waals surface area contributed by atoms with E-state index in [0.717, 1.165) is 19.1 Å². The number of hydrogen-bond donors (Lipinski definition) is 1. The monoisotopic (exact) mass is 171 g/mol. The first-order chi connectivity index (χ1) is 5.86. The summed E-state index contributed by atoms with van der Waals surface area (Å²) < 4.78 is 5.34. The van der Waals surface area contributed by atoms with Crippen molar-refractivity contribution in [3.8, 4) is 0 Å². The second-order valence-corrected chi connectivity index (χ2v) is 3.70. The molecule has 1 rings (SSSR count). The predicted molar refractivity (Wildman–Crippen MR) is 51.3 cm³/mol. The van der Waals surface area contributed by atoms with E-state index >= 15 is 0 Å². The van der Waals surface area contributed by atoms with E-state index in [2.05, 4.69) is 19.3 Å². The van der Waals surface area contributed by atoms with E-state index in [9.17, 15) is 0 Å². The molecule has 0 amide bonds. The number of ether oxygens (including phenoxy) is 1. The van der Waals surface area contributed by atoms with Crippen LogP contribution < -0.4 is 5.32 Å². The molecule has 72 valence electrons. The Morgan fingerprint density at radius 2 is 2.42 bits per heavy atom. The number of nitrogens with one attached hydrogen (secondary N) is 1. The Kier molecular flexibility index (Phi) is 4.62. The highest BCUT2D eigenvalue weighted by Crippen LogP contribution is 2.19. The van der Waals surface area contributed by atoms with Crippen molar-refractivity contribution in [1.29, 1.82) is 0 Å². The van der Waals surface area contributed by atoms with E-state index in [4.69, 9.17) is 4.74 Å². The van der Waals surface area contributed by atoms with E-state index in [1.165, 1.54) is 25.7 Å². The highest BCUT2D eigenvalue weighted by atomic mass is 16.5. The third-order valence-electron chi connectivity index (χ3n) is 2.85. The van der Waals surface area contributed by atoms with Crippen LogP contribution in [0.1, 0.15) is 32.6 Å². The lowest BCUT2D eigenvalue weighted by atomic mass is 9.98. The van der Waals surface area contributed by atoms with Gasteiger partial charge in [-0.15, -0.1) is 0 Å². The van der Waals surface area contributed by atoms with E-state index in [-0.39, 0.29) is 0 Å². The van der Waals surface area contributed by atoms with E-state index in [0.29, 0.717) is 6.04 Å². The van der Waals surface area contributed by atoms with Gasteiger partial charge < -0.3 is 10.1 Å². The Morgan fingerprint density at radius 1 is 1.58 bits per heavy atom. The average Bonchev–Trinajstić information content (AvgIpc) is 2.59. The first-order valence-corrected chi connectivity index (χ1v) is 5.11. The van der Waals surface area contributed by atoms with Crippen molar-refractivity contribution in [1.82, 2.24) is 5.32 Å². The van der Waals surface area contributed by atoms with Crippen molar-refractivity contribution < 1.29 is 4.74 Å². The average molecular weight is 171 g/mol. The molecule has 1 saturated heterocycles. The third-order valence-corrected chi connectivity index (χ3v) is 2.85. The molecule has 2 nitrogen and oxygen atoms in total. The Hall–Kier alpha value is -0.0800. The van der Waals surface area contributed by atoms with Crippen molar-refractivity contribution in [2.24, 2.45) is 5.92 Å². The molecule has 1 aliphatic heterocycles. The molecule has 2 atom stereocenters. The minimum Gasteiger partial charge on any atom is -0.381 e. The molecule has 0 aromatic carbocycles. The van der Waals surface area contributed by atoms with Crippen LogP contribution in [-0.2, 0) is 4.74 Å². The second-order valence-electron chi connectivity index (χ2n) is 3.70. The lowest BCUT2D eigenvalue weighted by Gasteiger charge is -2.15. The van der Waals surface area contributed by atoms with Crippen LogP contribution in [0.15, 0.2) is 0 Å². The Labute approximate surface area is 75.7 Å².